The van der Waals surface area contributed by atoms with Gasteiger partial charge in [0.15, 0.2) is 9.84 Å². The fraction of sp³-hybridized carbons (Fsp3) is 0.344. The van der Waals surface area contributed by atoms with Crippen molar-refractivity contribution in [3.63, 3.8) is 0 Å². The largest absolute Gasteiger partial charge is 0.391 e. The first-order chi connectivity index (χ1) is 19.7. The van der Waals surface area contributed by atoms with Crippen molar-refractivity contribution in [2.24, 2.45) is 0 Å². The lowest BCUT2D eigenvalue weighted by Crippen LogP contribution is -2.55. The molecular weight excluding hydrogens is 554 g/mol. The van der Waals surface area contributed by atoms with E-state index in [9.17, 15) is 27.9 Å². The van der Waals surface area contributed by atoms with Gasteiger partial charge in [0.05, 0.1) is 22.8 Å². The molecule has 0 bridgehead atoms. The number of carbonyl (C=O) groups excluding carboxylic acids is 3. The van der Waals surface area contributed by atoms with Crippen molar-refractivity contribution in [1.82, 2.24) is 16.0 Å². The standard InChI is InChI=1S/C32H39N3O6S/c1-22(36)33-28(21-42(40,41)25-16-9-6-10-17-25)31(39)34-27(19-23-13-7-5-8-14-23)29(37)20-24-15-11-12-18-26(24)30(38)35-32(2,3)4/h5-18,27-29,37H,19-21H2,1-4H3,(H,33,36)(H,34,39)(H,35,38)/t27-,28-,29+/m0/s1. The number of aliphatic hydroxyl groups excluding tert-OH is 1. The summed E-state index contributed by atoms with van der Waals surface area (Å²) in [5.41, 5.74) is 1.35. The lowest BCUT2D eigenvalue weighted by Gasteiger charge is -2.28. The Morgan fingerprint density at radius 1 is 0.810 bits per heavy atom. The Morgan fingerprint density at radius 2 is 1.38 bits per heavy atom. The first-order valence-corrected chi connectivity index (χ1v) is 15.4. The van der Waals surface area contributed by atoms with Crippen LogP contribution in [0.15, 0.2) is 89.8 Å². The Morgan fingerprint density at radius 3 is 1.98 bits per heavy atom. The summed E-state index contributed by atoms with van der Waals surface area (Å²) in [6.45, 7) is 6.82. The summed E-state index contributed by atoms with van der Waals surface area (Å²) in [5, 5.41) is 19.6. The molecule has 224 valence electrons. The lowest BCUT2D eigenvalue weighted by molar-refractivity contribution is -0.128. The summed E-state index contributed by atoms with van der Waals surface area (Å²) >= 11 is 0. The van der Waals surface area contributed by atoms with E-state index in [1.165, 1.54) is 19.1 Å². The van der Waals surface area contributed by atoms with Crippen LogP contribution >= 0.6 is 0 Å². The Balaban J connectivity index is 1.88. The van der Waals surface area contributed by atoms with Gasteiger partial charge in [-0.2, -0.15) is 0 Å². The molecule has 0 unspecified atom stereocenters. The van der Waals surface area contributed by atoms with Crippen LogP contribution in [0.25, 0.3) is 0 Å². The van der Waals surface area contributed by atoms with Gasteiger partial charge in [-0.1, -0.05) is 66.7 Å². The zero-order valence-electron chi connectivity index (χ0n) is 24.3. The van der Waals surface area contributed by atoms with Crippen LogP contribution in [0.4, 0.5) is 0 Å². The van der Waals surface area contributed by atoms with Gasteiger partial charge in [-0.05, 0) is 56.5 Å². The van der Waals surface area contributed by atoms with E-state index in [-0.39, 0.29) is 23.6 Å². The van der Waals surface area contributed by atoms with Gasteiger partial charge in [0.2, 0.25) is 11.8 Å². The predicted octanol–water partition coefficient (Wildman–Crippen LogP) is 2.82. The Kier molecular flexibility index (Phi) is 11.0. The topological polar surface area (TPSA) is 142 Å². The van der Waals surface area contributed by atoms with Crippen LogP contribution in [0, 0.1) is 0 Å². The van der Waals surface area contributed by atoms with Crippen molar-refractivity contribution in [2.75, 3.05) is 5.75 Å². The third-order valence-electron chi connectivity index (χ3n) is 6.45. The van der Waals surface area contributed by atoms with Gasteiger partial charge < -0.3 is 21.1 Å². The molecule has 42 heavy (non-hydrogen) atoms. The van der Waals surface area contributed by atoms with Gasteiger partial charge in [-0.3, -0.25) is 14.4 Å². The molecule has 0 saturated heterocycles. The van der Waals surface area contributed by atoms with Crippen LogP contribution in [0.2, 0.25) is 0 Å². The van der Waals surface area contributed by atoms with E-state index in [2.05, 4.69) is 16.0 Å². The molecule has 0 spiro atoms. The minimum Gasteiger partial charge on any atom is -0.391 e. The molecule has 0 heterocycles. The van der Waals surface area contributed by atoms with E-state index < -0.39 is 51.1 Å². The maximum absolute atomic E-state index is 13.5. The molecule has 10 heteroatoms. The van der Waals surface area contributed by atoms with Crippen molar-refractivity contribution in [1.29, 1.82) is 0 Å². The fourth-order valence-electron chi connectivity index (χ4n) is 4.50. The summed E-state index contributed by atoms with van der Waals surface area (Å²) in [7, 11) is -3.93. The molecule has 0 saturated carbocycles. The monoisotopic (exact) mass is 593 g/mol. The number of nitrogens with one attached hydrogen (secondary N) is 3. The van der Waals surface area contributed by atoms with E-state index in [4.69, 9.17) is 0 Å². The average Bonchev–Trinajstić information content (AvgIpc) is 2.92. The van der Waals surface area contributed by atoms with Crippen LogP contribution < -0.4 is 16.0 Å². The first-order valence-electron chi connectivity index (χ1n) is 13.7. The van der Waals surface area contributed by atoms with E-state index in [1.807, 2.05) is 51.1 Å². The van der Waals surface area contributed by atoms with Crippen molar-refractivity contribution < 1.29 is 27.9 Å². The Hall–Kier alpha value is -4.02. The maximum atomic E-state index is 13.5. The quantitative estimate of drug-likeness (QED) is 0.255. The zero-order chi connectivity index (χ0) is 30.9. The van der Waals surface area contributed by atoms with E-state index in [1.54, 1.807) is 42.5 Å². The lowest BCUT2D eigenvalue weighted by atomic mass is 9.93. The Bertz CT molecular complexity index is 1470. The predicted molar refractivity (Wildman–Crippen MR) is 162 cm³/mol. The number of hydrogen-bond donors (Lipinski definition) is 4. The summed E-state index contributed by atoms with van der Waals surface area (Å²) in [4.78, 5) is 38.5. The average molecular weight is 594 g/mol. The molecule has 0 radical (unpaired) electrons. The highest BCUT2D eigenvalue weighted by Crippen LogP contribution is 2.17. The highest BCUT2D eigenvalue weighted by molar-refractivity contribution is 7.91. The molecule has 0 aliphatic rings. The number of amides is 3. The van der Waals surface area contributed by atoms with Gasteiger partial charge in [-0.25, -0.2) is 8.42 Å². The van der Waals surface area contributed by atoms with Crippen LogP contribution in [-0.4, -0.2) is 60.7 Å². The molecular formula is C32H39N3O6S. The molecule has 3 aromatic rings. The van der Waals surface area contributed by atoms with E-state index in [0.29, 0.717) is 11.1 Å². The zero-order valence-corrected chi connectivity index (χ0v) is 25.1. The number of sulfone groups is 1. The third kappa shape index (κ3) is 9.81. The summed E-state index contributed by atoms with van der Waals surface area (Å²) < 4.78 is 26.1. The van der Waals surface area contributed by atoms with Gasteiger partial charge in [0, 0.05) is 24.4 Å². The molecule has 3 aromatic carbocycles. The van der Waals surface area contributed by atoms with Gasteiger partial charge in [-0.15, -0.1) is 0 Å². The van der Waals surface area contributed by atoms with E-state index >= 15 is 0 Å². The molecule has 0 aromatic heterocycles. The molecule has 3 atom stereocenters. The molecule has 3 amide bonds. The smallest absolute Gasteiger partial charge is 0.251 e. The summed E-state index contributed by atoms with van der Waals surface area (Å²) in [6.07, 6.45) is -0.887. The van der Waals surface area contributed by atoms with E-state index in [0.717, 1.165) is 5.56 Å². The number of aliphatic hydroxyl groups is 1. The molecule has 3 rings (SSSR count). The second kappa shape index (κ2) is 14.2. The van der Waals surface area contributed by atoms with Crippen molar-refractivity contribution >= 4 is 27.6 Å². The normalized spacial score (nSPS) is 13.8. The molecule has 0 fully saturated rings. The first kappa shape index (κ1) is 32.5. The van der Waals surface area contributed by atoms with Gasteiger partial charge >= 0.3 is 0 Å². The second-order valence-electron chi connectivity index (χ2n) is 11.3. The molecule has 4 N–H and O–H groups in total. The minimum absolute atomic E-state index is 0.0270. The summed E-state index contributed by atoms with van der Waals surface area (Å²) in [5.74, 6) is -2.27. The highest BCUT2D eigenvalue weighted by Gasteiger charge is 2.31. The van der Waals surface area contributed by atoms with Crippen molar-refractivity contribution in [2.45, 2.75) is 69.2 Å². The third-order valence-corrected chi connectivity index (χ3v) is 8.22. The second-order valence-corrected chi connectivity index (χ2v) is 13.3. The van der Waals surface area contributed by atoms with Crippen LogP contribution in [0.5, 0.6) is 0 Å². The van der Waals surface area contributed by atoms with Crippen LogP contribution in [-0.2, 0) is 32.3 Å². The molecule has 9 nitrogen and oxygen atoms in total. The summed E-state index contributed by atoms with van der Waals surface area (Å²) in [6, 6.07) is 21.5. The highest BCUT2D eigenvalue weighted by atomic mass is 32.2. The number of rotatable bonds is 12. The van der Waals surface area contributed by atoms with Crippen molar-refractivity contribution in [3.8, 4) is 0 Å². The van der Waals surface area contributed by atoms with Gasteiger partial charge in [0.1, 0.15) is 6.04 Å². The molecule has 0 aliphatic carbocycles. The SMILES string of the molecule is CC(=O)N[C@@H](CS(=O)(=O)c1ccccc1)C(=O)N[C@@H](Cc1ccccc1)[C@H](O)Cc1ccccc1C(=O)NC(C)(C)C. The van der Waals surface area contributed by atoms with Crippen LogP contribution in [0.3, 0.4) is 0 Å². The minimum atomic E-state index is -3.93. The fourth-order valence-corrected chi connectivity index (χ4v) is 5.94. The van der Waals surface area contributed by atoms with Crippen LogP contribution in [0.1, 0.15) is 49.2 Å². The van der Waals surface area contributed by atoms with Gasteiger partial charge in [0.25, 0.3) is 5.91 Å². The number of carbonyl (C=O) groups is 3. The number of hydrogen-bond acceptors (Lipinski definition) is 6. The maximum Gasteiger partial charge on any atom is 0.251 e. The number of benzene rings is 3. The van der Waals surface area contributed by atoms with Crippen molar-refractivity contribution in [3.05, 3.63) is 102 Å². The molecule has 0 aliphatic heterocycles. The Labute approximate surface area is 247 Å².